The molecule has 0 radical (unpaired) electrons. The Hall–Kier alpha value is -1.39. The van der Waals surface area contributed by atoms with E-state index in [1.165, 1.54) is 6.21 Å². The van der Waals surface area contributed by atoms with Gasteiger partial charge in [-0.3, -0.25) is 4.79 Å². The van der Waals surface area contributed by atoms with Gasteiger partial charge >= 0.3 is 5.91 Å². The van der Waals surface area contributed by atoms with E-state index < -0.39 is 5.91 Å². The predicted octanol–water partition coefficient (Wildman–Crippen LogP) is -1.11. The molecule has 0 aromatic heterocycles. The highest BCUT2D eigenvalue weighted by molar-refractivity contribution is 6.34. The molecule has 1 aliphatic rings. The molecule has 1 heterocycles. The van der Waals surface area contributed by atoms with Gasteiger partial charge in [0.1, 0.15) is 6.61 Å². The molecular weight excluding hydrogens is 122 g/mol. The minimum absolute atomic E-state index is 0.127. The molecule has 0 fully saturated rings. The molecule has 1 rings (SSSR count). The summed E-state index contributed by atoms with van der Waals surface area (Å²) < 4.78 is 4.67. The van der Waals surface area contributed by atoms with E-state index in [0.717, 1.165) is 0 Å². The molecule has 48 valence electrons. The molecule has 0 atom stereocenters. The van der Waals surface area contributed by atoms with Crippen LogP contribution in [0.3, 0.4) is 0 Å². The molecule has 0 saturated carbocycles. The quantitative estimate of drug-likeness (QED) is 0.484. The summed E-state index contributed by atoms with van der Waals surface area (Å²) >= 11 is 0. The van der Waals surface area contributed by atoms with Gasteiger partial charge < -0.3 is 10.5 Å². The van der Waals surface area contributed by atoms with Crippen LogP contribution in [0.4, 0.5) is 0 Å². The number of carbonyl (C=O) groups excluding carboxylic acids is 1. The Bertz CT molecular complexity index is 184. The van der Waals surface area contributed by atoms with Crippen LogP contribution in [-0.2, 0) is 9.53 Å². The fourth-order valence-corrected chi connectivity index (χ4v) is 0.392. The summed E-state index contributed by atoms with van der Waals surface area (Å²) in [5.41, 5.74) is 4.80. The smallest absolute Gasteiger partial charge is 0.305 e. The van der Waals surface area contributed by atoms with Gasteiger partial charge in [0.25, 0.3) is 5.90 Å². The Labute approximate surface area is 51.2 Å². The fraction of sp³-hybridized carbons (Fsp3) is 0.250. The van der Waals surface area contributed by atoms with Crippen molar-refractivity contribution in [1.29, 1.82) is 0 Å². The molecule has 0 saturated heterocycles. The topological polar surface area (TPSA) is 77.0 Å². The van der Waals surface area contributed by atoms with Gasteiger partial charge in [0, 0.05) is 0 Å². The van der Waals surface area contributed by atoms with E-state index in [0.29, 0.717) is 0 Å². The van der Waals surface area contributed by atoms with Gasteiger partial charge in [-0.2, -0.15) is 5.10 Å². The van der Waals surface area contributed by atoms with Gasteiger partial charge in [0.15, 0.2) is 0 Å². The normalized spacial score (nSPS) is 16.2. The third-order valence-corrected chi connectivity index (χ3v) is 0.736. The van der Waals surface area contributed by atoms with E-state index in [1.54, 1.807) is 0 Å². The SMILES string of the molecule is NC(=O)C1=NN=CCO1. The first-order valence-electron chi connectivity index (χ1n) is 2.33. The number of hydrogen-bond acceptors (Lipinski definition) is 4. The lowest BCUT2D eigenvalue weighted by molar-refractivity contribution is -0.113. The van der Waals surface area contributed by atoms with E-state index in [2.05, 4.69) is 14.9 Å². The first kappa shape index (κ1) is 5.74. The monoisotopic (exact) mass is 127 g/mol. The number of amides is 1. The number of carbonyl (C=O) groups is 1. The average molecular weight is 127 g/mol. The summed E-state index contributed by atoms with van der Waals surface area (Å²) in [5.74, 6) is -0.815. The number of rotatable bonds is 1. The number of ether oxygens (including phenoxy) is 1. The van der Waals surface area contributed by atoms with Crippen molar-refractivity contribution in [2.75, 3.05) is 6.61 Å². The highest BCUT2D eigenvalue weighted by Gasteiger charge is 2.08. The Balaban J connectivity index is 2.68. The van der Waals surface area contributed by atoms with Crippen LogP contribution >= 0.6 is 0 Å². The second-order valence-electron chi connectivity index (χ2n) is 1.38. The van der Waals surface area contributed by atoms with Crippen molar-refractivity contribution < 1.29 is 9.53 Å². The summed E-state index contributed by atoms with van der Waals surface area (Å²) in [6, 6.07) is 0. The molecule has 1 amide bonds. The first-order chi connectivity index (χ1) is 4.30. The van der Waals surface area contributed by atoms with Gasteiger partial charge in [-0.1, -0.05) is 0 Å². The van der Waals surface area contributed by atoms with Crippen LogP contribution in [0.25, 0.3) is 0 Å². The molecule has 0 aromatic rings. The molecule has 5 nitrogen and oxygen atoms in total. The van der Waals surface area contributed by atoms with Crippen LogP contribution in [0.2, 0.25) is 0 Å². The van der Waals surface area contributed by atoms with E-state index in [-0.39, 0.29) is 12.5 Å². The lowest BCUT2D eigenvalue weighted by Gasteiger charge is -2.02. The first-order valence-corrected chi connectivity index (χ1v) is 2.33. The molecule has 0 aromatic carbocycles. The van der Waals surface area contributed by atoms with Crippen LogP contribution in [0, 0.1) is 0 Å². The fourth-order valence-electron chi connectivity index (χ4n) is 0.392. The molecule has 1 aliphatic heterocycles. The van der Waals surface area contributed by atoms with E-state index in [1.807, 2.05) is 0 Å². The molecule has 9 heavy (non-hydrogen) atoms. The summed E-state index contributed by atoms with van der Waals surface area (Å²) in [5, 5.41) is 6.74. The minimum Gasteiger partial charge on any atom is -0.467 e. The zero-order valence-electron chi connectivity index (χ0n) is 4.57. The van der Waals surface area contributed by atoms with E-state index in [9.17, 15) is 4.79 Å². The minimum atomic E-state index is -0.688. The molecular formula is C4H5N3O2. The summed E-state index contributed by atoms with van der Waals surface area (Å²) in [7, 11) is 0. The maximum absolute atomic E-state index is 10.2. The van der Waals surface area contributed by atoms with E-state index in [4.69, 9.17) is 5.73 Å². The Kier molecular flexibility index (Phi) is 1.44. The standard InChI is InChI=1S/C4H5N3O2/c5-3(8)4-7-6-1-2-9-4/h1H,2H2,(H2,5,8). The van der Waals surface area contributed by atoms with Crippen LogP contribution < -0.4 is 5.73 Å². The van der Waals surface area contributed by atoms with Crippen molar-refractivity contribution >= 4 is 18.0 Å². The van der Waals surface area contributed by atoms with Crippen molar-refractivity contribution in [1.82, 2.24) is 0 Å². The van der Waals surface area contributed by atoms with Crippen LogP contribution in [-0.4, -0.2) is 24.6 Å². The predicted molar refractivity (Wildman–Crippen MR) is 31.1 cm³/mol. The molecule has 0 spiro atoms. The Morgan fingerprint density at radius 3 is 3.00 bits per heavy atom. The van der Waals surface area contributed by atoms with Crippen molar-refractivity contribution in [3.8, 4) is 0 Å². The van der Waals surface area contributed by atoms with Crippen LogP contribution in [0.1, 0.15) is 0 Å². The van der Waals surface area contributed by atoms with E-state index >= 15 is 0 Å². The van der Waals surface area contributed by atoms with Crippen molar-refractivity contribution in [2.24, 2.45) is 15.9 Å². The third kappa shape index (κ3) is 1.25. The number of hydrogen-bond donors (Lipinski definition) is 1. The molecule has 5 heteroatoms. The zero-order valence-corrected chi connectivity index (χ0v) is 4.57. The van der Waals surface area contributed by atoms with Crippen LogP contribution in [0.5, 0.6) is 0 Å². The summed E-state index contributed by atoms with van der Waals surface area (Å²) in [6.07, 6.45) is 1.44. The molecule has 2 N–H and O–H groups in total. The lowest BCUT2D eigenvalue weighted by Crippen LogP contribution is -2.27. The maximum Gasteiger partial charge on any atom is 0.305 e. The third-order valence-electron chi connectivity index (χ3n) is 0.736. The Morgan fingerprint density at radius 2 is 2.67 bits per heavy atom. The highest BCUT2D eigenvalue weighted by Crippen LogP contribution is 1.87. The molecule has 0 bridgehead atoms. The van der Waals surface area contributed by atoms with Crippen molar-refractivity contribution in [3.05, 3.63) is 0 Å². The number of nitrogens with zero attached hydrogens (tertiary/aromatic N) is 2. The number of primary amides is 1. The van der Waals surface area contributed by atoms with Gasteiger partial charge in [0.2, 0.25) is 0 Å². The highest BCUT2D eigenvalue weighted by atomic mass is 16.5. The average Bonchev–Trinajstić information content (AvgIpc) is 1.90. The number of nitrogens with two attached hydrogens (primary N) is 1. The van der Waals surface area contributed by atoms with Gasteiger partial charge in [-0.15, -0.1) is 5.10 Å². The Morgan fingerprint density at radius 1 is 1.89 bits per heavy atom. The summed E-state index contributed by atoms with van der Waals surface area (Å²) in [6.45, 7) is 0.266. The largest absolute Gasteiger partial charge is 0.467 e. The zero-order chi connectivity index (χ0) is 6.69. The van der Waals surface area contributed by atoms with Crippen molar-refractivity contribution in [3.63, 3.8) is 0 Å². The molecule has 0 unspecified atom stereocenters. The van der Waals surface area contributed by atoms with Crippen molar-refractivity contribution in [2.45, 2.75) is 0 Å². The van der Waals surface area contributed by atoms with Gasteiger partial charge in [-0.05, 0) is 0 Å². The van der Waals surface area contributed by atoms with Gasteiger partial charge in [0.05, 0.1) is 6.21 Å². The van der Waals surface area contributed by atoms with Gasteiger partial charge in [-0.25, -0.2) is 0 Å². The molecule has 0 aliphatic carbocycles. The second-order valence-corrected chi connectivity index (χ2v) is 1.38. The summed E-state index contributed by atoms with van der Waals surface area (Å²) in [4.78, 5) is 10.2. The lowest BCUT2D eigenvalue weighted by atomic mass is 10.6. The van der Waals surface area contributed by atoms with Crippen LogP contribution in [0.15, 0.2) is 10.2 Å². The maximum atomic E-state index is 10.2. The second kappa shape index (κ2) is 2.25.